The molecule has 26 heavy (non-hydrogen) atoms. The molecule has 0 aliphatic heterocycles. The largest absolute Gasteiger partial charge is 0.514 e. The zero-order valence-corrected chi connectivity index (χ0v) is 14.2. The van der Waals surface area contributed by atoms with Crippen LogP contribution in [0.2, 0.25) is 0 Å². The maximum absolute atomic E-state index is 12.9. The van der Waals surface area contributed by atoms with Gasteiger partial charge in [-0.05, 0) is 40.0 Å². The normalized spacial score (nSPS) is 20.0. The Labute approximate surface area is 151 Å². The molecule has 0 bridgehead atoms. The van der Waals surface area contributed by atoms with Gasteiger partial charge in [0.1, 0.15) is 0 Å². The van der Waals surface area contributed by atoms with Crippen LogP contribution < -0.4 is 0 Å². The van der Waals surface area contributed by atoms with E-state index in [2.05, 4.69) is 15.4 Å². The van der Waals surface area contributed by atoms with E-state index in [1.54, 1.807) is 17.4 Å². The molecule has 2 aromatic heterocycles. The molecule has 0 radical (unpaired) electrons. The average Bonchev–Trinajstić information content (AvgIpc) is 3.34. The van der Waals surface area contributed by atoms with Crippen molar-refractivity contribution in [1.82, 2.24) is 20.2 Å². The quantitative estimate of drug-likeness (QED) is 0.518. The van der Waals surface area contributed by atoms with E-state index >= 15 is 0 Å². The number of ketones is 1. The Morgan fingerprint density at radius 2 is 2.00 bits per heavy atom. The summed E-state index contributed by atoms with van der Waals surface area (Å²) in [6.07, 6.45) is 2.20. The minimum Gasteiger partial charge on any atom is -0.390 e. The first-order valence-corrected chi connectivity index (χ1v) is 8.78. The number of thiophene rings is 1. The first-order chi connectivity index (χ1) is 12.6. The van der Waals surface area contributed by atoms with Crippen molar-refractivity contribution in [3.8, 4) is 0 Å². The van der Waals surface area contributed by atoms with E-state index < -0.39 is 16.9 Å². The lowest BCUT2D eigenvalue weighted by Crippen LogP contribution is -2.30. The Bertz CT molecular complexity index is 981. The molecule has 3 aromatic rings. The third-order valence-corrected chi connectivity index (χ3v) is 5.27. The SMILES string of the molecule is O=C1C=C(c2cccs2)C[C@@H](c2ccccc2)[C@@H]1n1nnc([N+](=O)[O-])n1. The van der Waals surface area contributed by atoms with Crippen LogP contribution in [-0.4, -0.2) is 30.9 Å². The first-order valence-electron chi connectivity index (χ1n) is 7.90. The molecule has 4 rings (SSSR count). The highest BCUT2D eigenvalue weighted by molar-refractivity contribution is 7.11. The predicted molar refractivity (Wildman–Crippen MR) is 94.6 cm³/mol. The molecule has 1 aliphatic carbocycles. The van der Waals surface area contributed by atoms with Crippen molar-refractivity contribution in [1.29, 1.82) is 0 Å². The Balaban J connectivity index is 1.78. The number of allylic oxidation sites excluding steroid dienone is 2. The van der Waals surface area contributed by atoms with Gasteiger partial charge < -0.3 is 10.1 Å². The number of rotatable bonds is 4. The molecule has 130 valence electrons. The highest BCUT2D eigenvalue weighted by atomic mass is 32.1. The van der Waals surface area contributed by atoms with Crippen molar-refractivity contribution in [3.05, 3.63) is 74.5 Å². The molecule has 0 spiro atoms. The Morgan fingerprint density at radius 1 is 1.19 bits per heavy atom. The molecule has 2 atom stereocenters. The number of nitro groups is 1. The fourth-order valence-corrected chi connectivity index (χ4v) is 3.93. The molecule has 9 heteroatoms. The second kappa shape index (κ2) is 6.60. The van der Waals surface area contributed by atoms with Crippen LogP contribution in [0.3, 0.4) is 0 Å². The first kappa shape index (κ1) is 16.3. The Morgan fingerprint density at radius 3 is 2.65 bits per heavy atom. The molecule has 0 saturated carbocycles. The average molecular weight is 367 g/mol. The standard InChI is InChI=1S/C17H13N5O3S/c23-14-10-12(15-7-4-8-26-15)9-13(11-5-2-1-3-6-11)16(14)21-19-17(18-20-21)22(24)25/h1-8,10,13,16H,9H2/t13-,16-/m0/s1. The van der Waals surface area contributed by atoms with Gasteiger partial charge in [-0.15, -0.1) is 11.3 Å². The fraction of sp³-hybridized carbons (Fsp3) is 0.176. The van der Waals surface area contributed by atoms with E-state index in [0.717, 1.165) is 20.8 Å². The van der Waals surface area contributed by atoms with Crippen LogP contribution in [-0.2, 0) is 4.79 Å². The second-order valence-corrected chi connectivity index (χ2v) is 6.83. The third-order valence-electron chi connectivity index (χ3n) is 4.32. The predicted octanol–water partition coefficient (Wildman–Crippen LogP) is 3.02. The summed E-state index contributed by atoms with van der Waals surface area (Å²) in [6.45, 7) is 0. The van der Waals surface area contributed by atoms with Crippen LogP contribution in [0, 0.1) is 10.1 Å². The lowest BCUT2D eigenvalue weighted by molar-refractivity contribution is -0.394. The monoisotopic (exact) mass is 367 g/mol. The van der Waals surface area contributed by atoms with Gasteiger partial charge >= 0.3 is 5.95 Å². The second-order valence-electron chi connectivity index (χ2n) is 5.88. The van der Waals surface area contributed by atoms with E-state index in [9.17, 15) is 14.9 Å². The zero-order valence-electron chi connectivity index (χ0n) is 13.4. The molecule has 1 aromatic carbocycles. The van der Waals surface area contributed by atoms with Crippen molar-refractivity contribution < 1.29 is 9.72 Å². The summed E-state index contributed by atoms with van der Waals surface area (Å²) in [5, 5.41) is 23.8. The molecule has 0 amide bonds. The van der Waals surface area contributed by atoms with Crippen molar-refractivity contribution in [2.24, 2.45) is 0 Å². The number of carbonyl (C=O) groups is 1. The topological polar surface area (TPSA) is 104 Å². The fourth-order valence-electron chi connectivity index (χ4n) is 3.18. The molecule has 0 N–H and O–H groups in total. The zero-order chi connectivity index (χ0) is 18.1. The Kier molecular flexibility index (Phi) is 4.13. The van der Waals surface area contributed by atoms with Crippen LogP contribution >= 0.6 is 11.3 Å². The van der Waals surface area contributed by atoms with Gasteiger partial charge in [0.2, 0.25) is 0 Å². The van der Waals surface area contributed by atoms with Crippen LogP contribution in [0.4, 0.5) is 5.95 Å². The van der Waals surface area contributed by atoms with E-state index in [0.29, 0.717) is 6.42 Å². The lowest BCUT2D eigenvalue weighted by Gasteiger charge is -2.28. The van der Waals surface area contributed by atoms with E-state index in [4.69, 9.17) is 0 Å². The molecule has 0 unspecified atom stereocenters. The highest BCUT2D eigenvalue weighted by Gasteiger charge is 2.39. The van der Waals surface area contributed by atoms with Crippen LogP contribution in [0.15, 0.2) is 53.9 Å². The van der Waals surface area contributed by atoms with Gasteiger partial charge in [0.15, 0.2) is 11.8 Å². The number of hydrogen-bond donors (Lipinski definition) is 0. The van der Waals surface area contributed by atoms with Crippen molar-refractivity contribution in [3.63, 3.8) is 0 Å². The minimum absolute atomic E-state index is 0.194. The number of carbonyl (C=O) groups excluding carboxylic acids is 1. The molecular weight excluding hydrogens is 354 g/mol. The number of hydrogen-bond acceptors (Lipinski definition) is 7. The summed E-state index contributed by atoms with van der Waals surface area (Å²) in [5.41, 5.74) is 1.90. The van der Waals surface area contributed by atoms with Crippen molar-refractivity contribution >= 4 is 28.6 Å². The molecule has 1 aliphatic rings. The summed E-state index contributed by atoms with van der Waals surface area (Å²) < 4.78 is 0. The molecule has 0 fully saturated rings. The highest BCUT2D eigenvalue weighted by Crippen LogP contribution is 2.42. The number of aromatic nitrogens is 4. The minimum atomic E-state index is -0.762. The summed E-state index contributed by atoms with van der Waals surface area (Å²) >= 11 is 1.57. The molecule has 0 saturated heterocycles. The van der Waals surface area contributed by atoms with Crippen molar-refractivity contribution in [2.45, 2.75) is 18.4 Å². The van der Waals surface area contributed by atoms with E-state index in [1.807, 2.05) is 47.8 Å². The van der Waals surface area contributed by atoms with Crippen LogP contribution in [0.1, 0.15) is 28.8 Å². The van der Waals surface area contributed by atoms with Crippen LogP contribution in [0.25, 0.3) is 5.57 Å². The maximum atomic E-state index is 12.9. The molecular formula is C17H13N5O3S. The Hall–Kier alpha value is -3.20. The van der Waals surface area contributed by atoms with Gasteiger partial charge in [-0.2, -0.15) is 0 Å². The van der Waals surface area contributed by atoms with E-state index in [-0.39, 0.29) is 11.7 Å². The summed E-state index contributed by atoms with van der Waals surface area (Å²) in [6, 6.07) is 12.7. The number of benzene rings is 1. The third kappa shape index (κ3) is 2.93. The van der Waals surface area contributed by atoms with Crippen molar-refractivity contribution in [2.75, 3.05) is 0 Å². The lowest BCUT2D eigenvalue weighted by atomic mass is 9.79. The van der Waals surface area contributed by atoms with E-state index in [1.165, 1.54) is 0 Å². The van der Waals surface area contributed by atoms with Gasteiger partial charge in [-0.3, -0.25) is 4.79 Å². The molecule has 2 heterocycles. The van der Waals surface area contributed by atoms with Gasteiger partial charge in [0, 0.05) is 16.0 Å². The molecule has 8 nitrogen and oxygen atoms in total. The van der Waals surface area contributed by atoms with Gasteiger partial charge in [0.25, 0.3) is 0 Å². The summed E-state index contributed by atoms with van der Waals surface area (Å²) in [5.74, 6) is -1.04. The van der Waals surface area contributed by atoms with Gasteiger partial charge in [0.05, 0.1) is 10.2 Å². The van der Waals surface area contributed by atoms with Gasteiger partial charge in [-0.1, -0.05) is 41.2 Å². The summed E-state index contributed by atoms with van der Waals surface area (Å²) in [4.78, 5) is 25.1. The van der Waals surface area contributed by atoms with Gasteiger partial charge in [-0.25, -0.2) is 0 Å². The summed E-state index contributed by atoms with van der Waals surface area (Å²) in [7, 11) is 0. The number of nitrogens with zero attached hydrogens (tertiary/aromatic N) is 5. The maximum Gasteiger partial charge on any atom is 0.514 e. The smallest absolute Gasteiger partial charge is 0.390 e. The number of tetrazole rings is 1. The van der Waals surface area contributed by atoms with Crippen LogP contribution in [0.5, 0.6) is 0 Å².